The van der Waals surface area contributed by atoms with Gasteiger partial charge >= 0.3 is 0 Å². The summed E-state index contributed by atoms with van der Waals surface area (Å²) in [7, 11) is 0. The molecule has 0 radical (unpaired) electrons. The Morgan fingerprint density at radius 3 is 2.77 bits per heavy atom. The van der Waals surface area contributed by atoms with Gasteiger partial charge in [-0.05, 0) is 12.5 Å². The molecule has 13 heavy (non-hydrogen) atoms. The number of nitrogens with two attached hydrogens (primary N) is 1. The fourth-order valence-electron chi connectivity index (χ4n) is 1.08. The quantitative estimate of drug-likeness (QED) is 0.638. The fraction of sp³-hybridized carbons (Fsp3) is 0.444. The van der Waals surface area contributed by atoms with Gasteiger partial charge in [0.15, 0.2) is 0 Å². The van der Waals surface area contributed by atoms with E-state index in [1.165, 1.54) is 18.5 Å². The number of pyridine rings is 1. The molecule has 4 heteroatoms. The third-order valence-corrected chi connectivity index (χ3v) is 1.96. The molecule has 0 saturated carbocycles. The standard InChI is InChI=1S/C9H14N2O2/c1-2-8(10)9(13)6-3-7(12)5-11-4-6/h3-5,8-9,12-13H,2,10H2,1H3/t8-,9+/m0/s1. The van der Waals surface area contributed by atoms with Crippen molar-refractivity contribution in [1.82, 2.24) is 4.98 Å². The van der Waals surface area contributed by atoms with Gasteiger partial charge in [-0.25, -0.2) is 0 Å². The number of aromatic hydroxyl groups is 1. The van der Waals surface area contributed by atoms with Crippen LogP contribution in [-0.4, -0.2) is 21.2 Å². The van der Waals surface area contributed by atoms with Crippen molar-refractivity contribution in [3.8, 4) is 5.75 Å². The zero-order valence-electron chi connectivity index (χ0n) is 7.51. The minimum atomic E-state index is -0.760. The predicted octanol–water partition coefficient (Wildman–Crippen LogP) is 0.558. The molecule has 4 N–H and O–H groups in total. The van der Waals surface area contributed by atoms with E-state index in [-0.39, 0.29) is 11.8 Å². The van der Waals surface area contributed by atoms with Gasteiger partial charge in [-0.15, -0.1) is 0 Å². The van der Waals surface area contributed by atoms with Gasteiger partial charge in [0.25, 0.3) is 0 Å². The highest BCUT2D eigenvalue weighted by Gasteiger charge is 2.15. The maximum absolute atomic E-state index is 9.64. The number of aromatic nitrogens is 1. The molecule has 0 aliphatic rings. The largest absolute Gasteiger partial charge is 0.506 e. The average Bonchev–Trinajstić information content (AvgIpc) is 2.15. The normalized spacial score (nSPS) is 15.3. The summed E-state index contributed by atoms with van der Waals surface area (Å²) in [6.07, 6.45) is 2.73. The second-order valence-corrected chi connectivity index (χ2v) is 2.99. The number of aliphatic hydroxyl groups excluding tert-OH is 1. The van der Waals surface area contributed by atoms with Gasteiger partial charge in [0, 0.05) is 17.8 Å². The number of aliphatic hydroxyl groups is 1. The number of hydrogen-bond acceptors (Lipinski definition) is 4. The van der Waals surface area contributed by atoms with E-state index in [4.69, 9.17) is 10.8 Å². The summed E-state index contributed by atoms with van der Waals surface area (Å²) in [5.74, 6) is 0.0415. The van der Waals surface area contributed by atoms with Crippen molar-refractivity contribution >= 4 is 0 Å². The van der Waals surface area contributed by atoms with Crippen LogP contribution in [0.1, 0.15) is 25.0 Å². The third-order valence-electron chi connectivity index (χ3n) is 1.96. The summed E-state index contributed by atoms with van der Waals surface area (Å²) in [6.45, 7) is 1.89. The fourth-order valence-corrected chi connectivity index (χ4v) is 1.08. The van der Waals surface area contributed by atoms with Crippen LogP contribution in [0.5, 0.6) is 5.75 Å². The summed E-state index contributed by atoms with van der Waals surface area (Å²) in [5.41, 5.74) is 6.19. The molecule has 0 aliphatic carbocycles. The van der Waals surface area contributed by atoms with E-state index in [0.717, 1.165) is 0 Å². The highest BCUT2D eigenvalue weighted by molar-refractivity contribution is 5.24. The van der Waals surface area contributed by atoms with Crippen molar-refractivity contribution in [3.63, 3.8) is 0 Å². The van der Waals surface area contributed by atoms with Gasteiger partial charge in [-0.2, -0.15) is 0 Å². The highest BCUT2D eigenvalue weighted by atomic mass is 16.3. The molecule has 0 spiro atoms. The van der Waals surface area contributed by atoms with Crippen molar-refractivity contribution in [2.24, 2.45) is 5.73 Å². The first-order valence-corrected chi connectivity index (χ1v) is 4.22. The van der Waals surface area contributed by atoms with E-state index < -0.39 is 6.10 Å². The lowest BCUT2D eigenvalue weighted by Gasteiger charge is -2.16. The SMILES string of the molecule is CC[C@H](N)[C@H](O)c1cncc(O)c1. The van der Waals surface area contributed by atoms with Gasteiger partial charge in [0.2, 0.25) is 0 Å². The summed E-state index contributed by atoms with van der Waals surface area (Å²) in [6, 6.07) is 1.15. The lowest BCUT2D eigenvalue weighted by molar-refractivity contribution is 0.144. The molecule has 0 saturated heterocycles. The predicted molar refractivity (Wildman–Crippen MR) is 49.1 cm³/mol. The summed E-state index contributed by atoms with van der Waals surface area (Å²) < 4.78 is 0. The Morgan fingerprint density at radius 1 is 1.54 bits per heavy atom. The van der Waals surface area contributed by atoms with Crippen LogP contribution in [0.3, 0.4) is 0 Å². The molecule has 0 aromatic carbocycles. The van der Waals surface area contributed by atoms with Gasteiger partial charge in [-0.3, -0.25) is 4.98 Å². The number of nitrogens with zero attached hydrogens (tertiary/aromatic N) is 1. The Balaban J connectivity index is 2.82. The molecule has 0 amide bonds. The zero-order valence-corrected chi connectivity index (χ0v) is 7.51. The van der Waals surface area contributed by atoms with E-state index in [1.54, 1.807) is 0 Å². The summed E-state index contributed by atoms with van der Waals surface area (Å²) in [5, 5.41) is 18.7. The van der Waals surface area contributed by atoms with E-state index in [9.17, 15) is 5.11 Å². The van der Waals surface area contributed by atoms with Crippen molar-refractivity contribution in [3.05, 3.63) is 24.0 Å². The Labute approximate surface area is 77.0 Å². The Kier molecular flexibility index (Phi) is 3.22. The average molecular weight is 182 g/mol. The zero-order chi connectivity index (χ0) is 9.84. The molecule has 1 heterocycles. The van der Waals surface area contributed by atoms with Crippen molar-refractivity contribution in [2.45, 2.75) is 25.5 Å². The van der Waals surface area contributed by atoms with Crippen LogP contribution in [0, 0.1) is 0 Å². The molecule has 0 aliphatic heterocycles. The van der Waals surface area contributed by atoms with E-state index >= 15 is 0 Å². The maximum Gasteiger partial charge on any atom is 0.134 e. The molecule has 2 atom stereocenters. The minimum Gasteiger partial charge on any atom is -0.506 e. The highest BCUT2D eigenvalue weighted by Crippen LogP contribution is 2.19. The molecular formula is C9H14N2O2. The smallest absolute Gasteiger partial charge is 0.134 e. The van der Waals surface area contributed by atoms with Gasteiger partial charge in [0.05, 0.1) is 12.3 Å². The van der Waals surface area contributed by atoms with Crippen molar-refractivity contribution in [2.75, 3.05) is 0 Å². The summed E-state index contributed by atoms with van der Waals surface area (Å²) in [4.78, 5) is 3.76. The first-order valence-electron chi connectivity index (χ1n) is 4.22. The monoisotopic (exact) mass is 182 g/mol. The summed E-state index contributed by atoms with van der Waals surface area (Å²) >= 11 is 0. The van der Waals surface area contributed by atoms with Crippen molar-refractivity contribution in [1.29, 1.82) is 0 Å². The molecule has 0 unspecified atom stereocenters. The molecular weight excluding hydrogens is 168 g/mol. The van der Waals surface area contributed by atoms with Crippen LogP contribution in [0.4, 0.5) is 0 Å². The second-order valence-electron chi connectivity index (χ2n) is 2.99. The van der Waals surface area contributed by atoms with Gasteiger partial charge in [0.1, 0.15) is 5.75 Å². The van der Waals surface area contributed by atoms with E-state index in [2.05, 4.69) is 4.98 Å². The van der Waals surface area contributed by atoms with Gasteiger partial charge in [-0.1, -0.05) is 6.92 Å². The molecule has 72 valence electrons. The molecule has 1 aromatic rings. The Morgan fingerprint density at radius 2 is 2.23 bits per heavy atom. The Bertz CT molecular complexity index is 278. The number of hydrogen-bond donors (Lipinski definition) is 3. The lowest BCUT2D eigenvalue weighted by atomic mass is 10.0. The van der Waals surface area contributed by atoms with Crippen LogP contribution >= 0.6 is 0 Å². The molecule has 1 rings (SSSR count). The van der Waals surface area contributed by atoms with Gasteiger partial charge < -0.3 is 15.9 Å². The third kappa shape index (κ3) is 2.40. The van der Waals surface area contributed by atoms with Crippen LogP contribution < -0.4 is 5.73 Å². The van der Waals surface area contributed by atoms with Crippen LogP contribution in [0.15, 0.2) is 18.5 Å². The molecule has 0 fully saturated rings. The minimum absolute atomic E-state index is 0.0415. The lowest BCUT2D eigenvalue weighted by Crippen LogP contribution is -2.27. The number of rotatable bonds is 3. The molecule has 4 nitrogen and oxygen atoms in total. The van der Waals surface area contributed by atoms with E-state index in [0.29, 0.717) is 12.0 Å². The van der Waals surface area contributed by atoms with Crippen LogP contribution in [0.25, 0.3) is 0 Å². The van der Waals surface area contributed by atoms with Crippen LogP contribution in [-0.2, 0) is 0 Å². The second kappa shape index (κ2) is 4.20. The van der Waals surface area contributed by atoms with Crippen LogP contribution in [0.2, 0.25) is 0 Å². The van der Waals surface area contributed by atoms with Crippen molar-refractivity contribution < 1.29 is 10.2 Å². The maximum atomic E-state index is 9.64. The Hall–Kier alpha value is -1.13. The first kappa shape index (κ1) is 9.95. The van der Waals surface area contributed by atoms with E-state index in [1.807, 2.05) is 6.92 Å². The topological polar surface area (TPSA) is 79.4 Å². The molecule has 0 bridgehead atoms. The first-order chi connectivity index (χ1) is 6.15. The molecule has 1 aromatic heterocycles.